The normalized spacial score (nSPS) is 21.0. The predicted molar refractivity (Wildman–Crippen MR) is 133 cm³/mol. The molecule has 6 nitrogen and oxygen atoms in total. The Hall–Kier alpha value is -2.45. The third-order valence-corrected chi connectivity index (χ3v) is 7.23. The molecule has 1 saturated carbocycles. The van der Waals surface area contributed by atoms with Crippen LogP contribution in [0, 0.1) is 0 Å². The smallest absolute Gasteiger partial charge is 0.229 e. The van der Waals surface area contributed by atoms with E-state index in [2.05, 4.69) is 27.1 Å². The Balaban J connectivity index is 1.14. The number of thiophene rings is 1. The van der Waals surface area contributed by atoms with Crippen LogP contribution in [0.4, 0.5) is 5.00 Å². The number of hydrogen-bond donors (Lipinski definition) is 1. The van der Waals surface area contributed by atoms with Crippen molar-refractivity contribution in [3.05, 3.63) is 64.8 Å². The van der Waals surface area contributed by atoms with Crippen molar-refractivity contribution in [2.75, 3.05) is 38.5 Å². The van der Waals surface area contributed by atoms with Gasteiger partial charge in [-0.25, -0.2) is 4.98 Å². The van der Waals surface area contributed by atoms with Gasteiger partial charge in [-0.2, -0.15) is 0 Å². The number of pyridine rings is 1. The molecule has 2 atom stereocenters. The molecule has 1 saturated heterocycles. The second kappa shape index (κ2) is 9.81. The minimum Gasteiger partial charge on any atom is -0.489 e. The molecule has 2 aliphatic rings. The number of carbonyl (C=O) groups is 1. The van der Waals surface area contributed by atoms with Crippen molar-refractivity contribution in [3.63, 3.8) is 0 Å². The van der Waals surface area contributed by atoms with E-state index in [1.54, 1.807) is 6.20 Å². The summed E-state index contributed by atoms with van der Waals surface area (Å²) in [6, 6.07) is 14.1. The largest absolute Gasteiger partial charge is 0.489 e. The fourth-order valence-corrected chi connectivity index (χ4v) is 5.23. The molecule has 1 aliphatic heterocycles. The number of likely N-dealkylation sites (N-methyl/N-ethyl adjacent to an activating group) is 1. The molecule has 1 N–H and O–H groups in total. The highest BCUT2D eigenvalue weighted by Gasteiger charge is 2.44. The van der Waals surface area contributed by atoms with Gasteiger partial charge in [-0.15, -0.1) is 11.3 Å². The van der Waals surface area contributed by atoms with Gasteiger partial charge in [-0.05, 0) is 54.1 Å². The standard InChI is InChI=1S/C25H27ClN4O2S/c1-29-7-9-30(10-8-29)21-15-22(21)32-20-4-2-3-17(11-20)12-24(31)28-25-14-19(16-33-25)18-5-6-27-23(26)13-18/h2-6,11,13-14,16,21-22H,7-10,12,15H2,1H3,(H,28,31). The van der Waals surface area contributed by atoms with E-state index >= 15 is 0 Å². The monoisotopic (exact) mass is 482 g/mol. The lowest BCUT2D eigenvalue weighted by Gasteiger charge is -2.32. The molecule has 172 valence electrons. The average Bonchev–Trinajstić information content (AvgIpc) is 3.39. The number of hydrogen-bond acceptors (Lipinski definition) is 6. The number of amides is 1. The zero-order chi connectivity index (χ0) is 22.8. The first-order valence-electron chi connectivity index (χ1n) is 11.2. The predicted octanol–water partition coefficient (Wildman–Crippen LogP) is 4.41. The van der Waals surface area contributed by atoms with Crippen molar-refractivity contribution in [3.8, 4) is 16.9 Å². The summed E-state index contributed by atoms with van der Waals surface area (Å²) in [5.74, 6) is 0.796. The fourth-order valence-electron chi connectivity index (χ4n) is 4.23. The molecule has 1 aliphatic carbocycles. The Morgan fingerprint density at radius 3 is 2.85 bits per heavy atom. The SMILES string of the molecule is CN1CCN(C2CC2Oc2cccc(CC(=O)Nc3cc(-c4ccnc(Cl)c4)cs3)c2)CC1. The third kappa shape index (κ3) is 5.73. The van der Waals surface area contributed by atoms with E-state index in [1.807, 2.05) is 47.8 Å². The summed E-state index contributed by atoms with van der Waals surface area (Å²) in [6.07, 6.45) is 3.32. The van der Waals surface area contributed by atoms with Gasteiger partial charge in [0, 0.05) is 44.2 Å². The van der Waals surface area contributed by atoms with Crippen LogP contribution in [-0.2, 0) is 11.2 Å². The van der Waals surface area contributed by atoms with Crippen LogP contribution in [0.15, 0.2) is 54.0 Å². The molecular weight excluding hydrogens is 456 g/mol. The number of benzene rings is 1. The van der Waals surface area contributed by atoms with Gasteiger partial charge in [0.25, 0.3) is 0 Å². The molecule has 3 aromatic rings. The Morgan fingerprint density at radius 2 is 2.03 bits per heavy atom. The maximum absolute atomic E-state index is 12.6. The van der Waals surface area contributed by atoms with Crippen LogP contribution in [0.2, 0.25) is 5.15 Å². The Labute approximate surface area is 203 Å². The number of nitrogens with one attached hydrogen (secondary N) is 1. The van der Waals surface area contributed by atoms with Crippen molar-refractivity contribution in [2.45, 2.75) is 25.0 Å². The van der Waals surface area contributed by atoms with Crippen LogP contribution < -0.4 is 10.1 Å². The van der Waals surface area contributed by atoms with Crippen molar-refractivity contribution in [1.82, 2.24) is 14.8 Å². The molecule has 0 radical (unpaired) electrons. The van der Waals surface area contributed by atoms with Crippen molar-refractivity contribution < 1.29 is 9.53 Å². The number of piperazine rings is 1. The lowest BCUT2D eigenvalue weighted by atomic mass is 10.1. The average molecular weight is 483 g/mol. The quantitative estimate of drug-likeness (QED) is 0.505. The number of anilines is 1. The van der Waals surface area contributed by atoms with E-state index in [-0.39, 0.29) is 12.0 Å². The molecule has 0 spiro atoms. The lowest BCUT2D eigenvalue weighted by Crippen LogP contribution is -2.46. The maximum Gasteiger partial charge on any atom is 0.229 e. The highest BCUT2D eigenvalue weighted by molar-refractivity contribution is 7.14. The second-order valence-corrected chi connectivity index (χ2v) is 10.0. The van der Waals surface area contributed by atoms with Gasteiger partial charge in [0.2, 0.25) is 5.91 Å². The van der Waals surface area contributed by atoms with Gasteiger partial charge >= 0.3 is 0 Å². The van der Waals surface area contributed by atoms with E-state index < -0.39 is 0 Å². The number of nitrogens with zero attached hydrogens (tertiary/aromatic N) is 3. The summed E-state index contributed by atoms with van der Waals surface area (Å²) in [6.45, 7) is 4.46. The molecular formula is C25H27ClN4O2S. The number of rotatable bonds is 7. The Kier molecular flexibility index (Phi) is 6.64. The first-order chi connectivity index (χ1) is 16.0. The van der Waals surface area contributed by atoms with E-state index in [0.717, 1.165) is 60.0 Å². The zero-order valence-corrected chi connectivity index (χ0v) is 20.1. The van der Waals surface area contributed by atoms with Crippen LogP contribution in [-0.4, -0.2) is 66.1 Å². The van der Waals surface area contributed by atoms with Gasteiger partial charge in [0.05, 0.1) is 17.5 Å². The molecule has 33 heavy (non-hydrogen) atoms. The fraction of sp³-hybridized carbons (Fsp3) is 0.360. The topological polar surface area (TPSA) is 57.7 Å². The van der Waals surface area contributed by atoms with Crippen LogP contribution in [0.5, 0.6) is 5.75 Å². The van der Waals surface area contributed by atoms with E-state index in [4.69, 9.17) is 16.3 Å². The summed E-state index contributed by atoms with van der Waals surface area (Å²) in [5.41, 5.74) is 2.93. The zero-order valence-electron chi connectivity index (χ0n) is 18.5. The van der Waals surface area contributed by atoms with Crippen LogP contribution >= 0.6 is 22.9 Å². The number of halogens is 1. The number of aromatic nitrogens is 1. The minimum atomic E-state index is -0.0463. The van der Waals surface area contributed by atoms with Crippen molar-refractivity contribution >= 4 is 33.8 Å². The van der Waals surface area contributed by atoms with Gasteiger partial charge < -0.3 is 15.0 Å². The molecule has 2 aromatic heterocycles. The first kappa shape index (κ1) is 22.3. The summed E-state index contributed by atoms with van der Waals surface area (Å²) in [5, 5.41) is 6.26. The van der Waals surface area contributed by atoms with Crippen LogP contribution in [0.1, 0.15) is 12.0 Å². The van der Waals surface area contributed by atoms with Crippen molar-refractivity contribution in [1.29, 1.82) is 0 Å². The summed E-state index contributed by atoms with van der Waals surface area (Å²) in [7, 11) is 2.17. The third-order valence-electron chi connectivity index (χ3n) is 6.18. The summed E-state index contributed by atoms with van der Waals surface area (Å²) >= 11 is 7.48. The van der Waals surface area contributed by atoms with Gasteiger partial charge in [-0.3, -0.25) is 9.69 Å². The first-order valence-corrected chi connectivity index (χ1v) is 12.5. The van der Waals surface area contributed by atoms with Crippen LogP contribution in [0.25, 0.3) is 11.1 Å². The van der Waals surface area contributed by atoms with Crippen molar-refractivity contribution in [2.24, 2.45) is 0 Å². The maximum atomic E-state index is 12.6. The van der Waals surface area contributed by atoms with E-state index in [9.17, 15) is 4.79 Å². The summed E-state index contributed by atoms with van der Waals surface area (Å²) in [4.78, 5) is 21.5. The van der Waals surface area contributed by atoms with Crippen LogP contribution in [0.3, 0.4) is 0 Å². The lowest BCUT2D eigenvalue weighted by molar-refractivity contribution is -0.115. The molecule has 2 fully saturated rings. The highest BCUT2D eigenvalue weighted by Crippen LogP contribution is 2.34. The minimum absolute atomic E-state index is 0.0463. The summed E-state index contributed by atoms with van der Waals surface area (Å²) < 4.78 is 6.22. The van der Waals surface area contributed by atoms with E-state index in [1.165, 1.54) is 11.3 Å². The molecule has 5 rings (SSSR count). The van der Waals surface area contributed by atoms with E-state index in [0.29, 0.717) is 17.6 Å². The van der Waals surface area contributed by atoms with Gasteiger partial charge in [-0.1, -0.05) is 23.7 Å². The number of carbonyl (C=O) groups excluding carboxylic acids is 1. The Bertz CT molecular complexity index is 1130. The Morgan fingerprint density at radius 1 is 1.18 bits per heavy atom. The molecule has 1 amide bonds. The highest BCUT2D eigenvalue weighted by atomic mass is 35.5. The number of ether oxygens (including phenoxy) is 1. The van der Waals surface area contributed by atoms with Gasteiger partial charge in [0.15, 0.2) is 0 Å². The molecule has 1 aromatic carbocycles. The second-order valence-electron chi connectivity index (χ2n) is 8.74. The molecule has 2 unspecified atom stereocenters. The molecule has 0 bridgehead atoms. The van der Waals surface area contributed by atoms with Gasteiger partial charge in [0.1, 0.15) is 17.0 Å². The molecule has 8 heteroatoms. The molecule has 3 heterocycles.